The molecule has 0 aliphatic carbocycles. The number of aromatic amines is 1. The van der Waals surface area contributed by atoms with Gasteiger partial charge in [0, 0.05) is 0 Å². The second-order valence-electron chi connectivity index (χ2n) is 7.43. The van der Waals surface area contributed by atoms with Crippen LogP contribution in [-0.4, -0.2) is 29.0 Å². The van der Waals surface area contributed by atoms with Gasteiger partial charge in [-0.05, 0) is 38.0 Å². The van der Waals surface area contributed by atoms with E-state index in [1.807, 2.05) is 25.1 Å². The molecule has 6 nitrogen and oxygen atoms in total. The van der Waals surface area contributed by atoms with Crippen LogP contribution < -0.4 is 15.8 Å². The fraction of sp³-hybridized carbons (Fsp3) is 0.348. The van der Waals surface area contributed by atoms with E-state index in [2.05, 4.69) is 53.4 Å². The third kappa shape index (κ3) is 5.29. The minimum absolute atomic E-state index is 0.000179. The quantitative estimate of drug-likeness (QED) is 0.547. The van der Waals surface area contributed by atoms with Crippen molar-refractivity contribution in [2.45, 2.75) is 39.8 Å². The van der Waals surface area contributed by atoms with Gasteiger partial charge in [-0.3, -0.25) is 9.59 Å². The van der Waals surface area contributed by atoms with Crippen molar-refractivity contribution in [2.75, 3.05) is 13.1 Å². The van der Waals surface area contributed by atoms with Gasteiger partial charge in [-0.2, -0.15) is 0 Å². The number of rotatable bonds is 8. The number of amides is 1. The molecule has 0 aliphatic rings. The molecule has 29 heavy (non-hydrogen) atoms. The Kier molecular flexibility index (Phi) is 6.77. The molecule has 3 rings (SSSR count). The summed E-state index contributed by atoms with van der Waals surface area (Å²) in [5.74, 6) is 0.598. The van der Waals surface area contributed by atoms with Crippen molar-refractivity contribution in [3.05, 3.63) is 75.8 Å². The van der Waals surface area contributed by atoms with E-state index in [4.69, 9.17) is 0 Å². The molecular weight excluding hydrogens is 364 g/mol. The maximum Gasteiger partial charge on any atom is 0.275 e. The van der Waals surface area contributed by atoms with Crippen LogP contribution in [0.4, 0.5) is 0 Å². The van der Waals surface area contributed by atoms with Crippen LogP contribution in [0.1, 0.15) is 43.3 Å². The maximum absolute atomic E-state index is 12.7. The summed E-state index contributed by atoms with van der Waals surface area (Å²) in [7, 11) is 0. The van der Waals surface area contributed by atoms with Crippen molar-refractivity contribution in [3.8, 4) is 0 Å². The second-order valence-corrected chi connectivity index (χ2v) is 7.43. The van der Waals surface area contributed by atoms with Gasteiger partial charge in [0.25, 0.3) is 11.5 Å². The molecule has 0 fully saturated rings. The van der Waals surface area contributed by atoms with E-state index in [-0.39, 0.29) is 17.5 Å². The number of fused-ring (bicyclic) bond motifs is 1. The van der Waals surface area contributed by atoms with Gasteiger partial charge in [0.1, 0.15) is 6.54 Å². The Morgan fingerprint density at radius 1 is 1.14 bits per heavy atom. The van der Waals surface area contributed by atoms with Crippen molar-refractivity contribution in [2.24, 2.45) is 0 Å². The number of aromatic nitrogens is 2. The summed E-state index contributed by atoms with van der Waals surface area (Å²) in [6.07, 6.45) is 0.829. The highest BCUT2D eigenvalue weighted by atomic mass is 16.2. The van der Waals surface area contributed by atoms with Gasteiger partial charge in [-0.25, -0.2) is 4.98 Å². The zero-order valence-electron chi connectivity index (χ0n) is 17.3. The van der Waals surface area contributed by atoms with E-state index >= 15 is 0 Å². The van der Waals surface area contributed by atoms with Crippen LogP contribution in [0.25, 0.3) is 10.9 Å². The average Bonchev–Trinajstić information content (AvgIpc) is 2.72. The summed E-state index contributed by atoms with van der Waals surface area (Å²) in [6, 6.07) is 15.6. The predicted octanol–water partition coefficient (Wildman–Crippen LogP) is 1.90. The highest BCUT2D eigenvalue weighted by molar-refractivity contribution is 5.77. The van der Waals surface area contributed by atoms with Gasteiger partial charge < -0.3 is 15.2 Å². The Morgan fingerprint density at radius 3 is 2.55 bits per heavy atom. The molecular formula is C23H29N4O2+. The minimum Gasteiger partial charge on any atom is -0.344 e. The lowest BCUT2D eigenvalue weighted by molar-refractivity contribution is -0.904. The van der Waals surface area contributed by atoms with Crippen LogP contribution in [0, 0.1) is 6.92 Å². The van der Waals surface area contributed by atoms with Crippen LogP contribution in [0.5, 0.6) is 0 Å². The number of para-hydroxylation sites is 1. The van der Waals surface area contributed by atoms with E-state index in [9.17, 15) is 9.59 Å². The maximum atomic E-state index is 12.7. The van der Waals surface area contributed by atoms with Gasteiger partial charge in [0.05, 0.1) is 23.5 Å². The molecule has 2 aromatic carbocycles. The summed E-state index contributed by atoms with van der Waals surface area (Å²) in [5.41, 5.74) is 2.85. The average molecular weight is 394 g/mol. The summed E-state index contributed by atoms with van der Waals surface area (Å²) in [5, 5.41) is 3.72. The largest absolute Gasteiger partial charge is 0.344 e. The minimum atomic E-state index is -0.143. The SMILES string of the molecule is CC[C@H](NC(=O)C[NH+](CC)Cc1nc2ccccc2c(=O)[nH]1)c1ccc(C)cc1. The van der Waals surface area contributed by atoms with Crippen LogP contribution in [-0.2, 0) is 11.3 Å². The zero-order valence-corrected chi connectivity index (χ0v) is 17.3. The van der Waals surface area contributed by atoms with Crippen molar-refractivity contribution in [3.63, 3.8) is 0 Å². The summed E-state index contributed by atoms with van der Waals surface area (Å²) < 4.78 is 0. The normalized spacial score (nSPS) is 13.2. The van der Waals surface area contributed by atoms with Crippen molar-refractivity contribution >= 4 is 16.8 Å². The Balaban J connectivity index is 1.66. The van der Waals surface area contributed by atoms with Crippen molar-refractivity contribution in [1.29, 1.82) is 0 Å². The van der Waals surface area contributed by atoms with Gasteiger partial charge in [-0.15, -0.1) is 0 Å². The van der Waals surface area contributed by atoms with Gasteiger partial charge in [0.15, 0.2) is 12.4 Å². The number of likely N-dealkylation sites (N-methyl/N-ethyl adjacent to an activating group) is 1. The highest BCUT2D eigenvalue weighted by Crippen LogP contribution is 2.16. The number of nitrogens with zero attached hydrogens (tertiary/aromatic N) is 1. The Labute approximate surface area is 171 Å². The number of nitrogens with one attached hydrogen (secondary N) is 3. The van der Waals surface area contributed by atoms with Crippen LogP contribution >= 0.6 is 0 Å². The van der Waals surface area contributed by atoms with Gasteiger partial charge in [-0.1, -0.05) is 48.9 Å². The van der Waals surface area contributed by atoms with E-state index in [1.165, 1.54) is 5.56 Å². The van der Waals surface area contributed by atoms with Crippen LogP contribution in [0.3, 0.4) is 0 Å². The standard InChI is InChI=1S/C23H28N4O2/c1-4-19(17-12-10-16(3)11-13-17)25-22(28)15-27(5-2)14-21-24-20-9-7-6-8-18(20)23(29)26-21/h6-13,19H,4-5,14-15H2,1-3H3,(H,25,28)(H,24,26,29)/p+1/t19-/m0/s1. The van der Waals surface area contributed by atoms with Gasteiger partial charge >= 0.3 is 0 Å². The second kappa shape index (κ2) is 9.47. The molecule has 1 unspecified atom stereocenters. The molecule has 1 aromatic heterocycles. The summed E-state index contributed by atoms with van der Waals surface area (Å²) >= 11 is 0. The molecule has 3 N–H and O–H groups in total. The fourth-order valence-electron chi connectivity index (χ4n) is 3.46. The number of hydrogen-bond donors (Lipinski definition) is 3. The molecule has 0 spiro atoms. The topological polar surface area (TPSA) is 79.3 Å². The first-order valence-electron chi connectivity index (χ1n) is 10.2. The Bertz CT molecular complexity index is 1030. The monoisotopic (exact) mass is 393 g/mol. The van der Waals surface area contributed by atoms with E-state index in [0.29, 0.717) is 29.8 Å². The van der Waals surface area contributed by atoms with Crippen LogP contribution in [0.2, 0.25) is 0 Å². The number of quaternary nitrogens is 1. The molecule has 0 radical (unpaired) electrons. The third-order valence-corrected chi connectivity index (χ3v) is 5.21. The molecule has 152 valence electrons. The molecule has 0 aliphatic heterocycles. The molecule has 1 amide bonds. The number of H-pyrrole nitrogens is 1. The molecule has 0 bridgehead atoms. The van der Waals surface area contributed by atoms with E-state index < -0.39 is 0 Å². The molecule has 6 heteroatoms. The highest BCUT2D eigenvalue weighted by Gasteiger charge is 2.18. The number of aryl methyl sites for hydroxylation is 1. The predicted molar refractivity (Wildman–Crippen MR) is 115 cm³/mol. The smallest absolute Gasteiger partial charge is 0.275 e. The zero-order chi connectivity index (χ0) is 20.8. The lowest BCUT2D eigenvalue weighted by Crippen LogP contribution is -3.11. The third-order valence-electron chi connectivity index (χ3n) is 5.21. The fourth-order valence-corrected chi connectivity index (χ4v) is 3.46. The number of carbonyl (C=O) groups is 1. The lowest BCUT2D eigenvalue weighted by Gasteiger charge is -2.21. The van der Waals surface area contributed by atoms with Crippen molar-refractivity contribution < 1.29 is 9.69 Å². The molecule has 3 aromatic rings. The van der Waals surface area contributed by atoms with E-state index in [0.717, 1.165) is 23.4 Å². The van der Waals surface area contributed by atoms with E-state index in [1.54, 1.807) is 6.07 Å². The number of carbonyl (C=O) groups excluding carboxylic acids is 1. The first kappa shape index (κ1) is 20.7. The molecule has 1 heterocycles. The number of hydrogen-bond acceptors (Lipinski definition) is 3. The van der Waals surface area contributed by atoms with Gasteiger partial charge in [0.2, 0.25) is 0 Å². The Hall–Kier alpha value is -2.99. The van der Waals surface area contributed by atoms with Crippen molar-refractivity contribution in [1.82, 2.24) is 15.3 Å². The summed E-state index contributed by atoms with van der Waals surface area (Å²) in [6.45, 7) is 7.72. The molecule has 0 saturated carbocycles. The van der Waals surface area contributed by atoms with Crippen LogP contribution in [0.15, 0.2) is 53.3 Å². The lowest BCUT2D eigenvalue weighted by atomic mass is 10.0. The molecule has 2 atom stereocenters. The Morgan fingerprint density at radius 2 is 1.86 bits per heavy atom. The first-order valence-corrected chi connectivity index (χ1v) is 10.2. The number of benzene rings is 2. The first-order chi connectivity index (χ1) is 14.0. The molecule has 0 saturated heterocycles. The summed E-state index contributed by atoms with van der Waals surface area (Å²) in [4.78, 5) is 33.4.